The Morgan fingerprint density at radius 2 is 1.45 bits per heavy atom. The maximum atomic E-state index is 12.6. The quantitative estimate of drug-likeness (QED) is 0.481. The Labute approximate surface area is 192 Å². The van der Waals surface area contributed by atoms with Gasteiger partial charge in [-0.1, -0.05) is 25.9 Å². The Balaban J connectivity index is 1.72. The van der Waals surface area contributed by atoms with Gasteiger partial charge in [0, 0.05) is 24.2 Å². The third-order valence-electron chi connectivity index (χ3n) is 4.95. The second-order valence-electron chi connectivity index (χ2n) is 6.91. The number of sulfone groups is 1. The summed E-state index contributed by atoms with van der Waals surface area (Å²) in [6, 6.07) is 11.4. The molecule has 0 spiro atoms. The van der Waals surface area contributed by atoms with Crippen molar-refractivity contribution in [2.24, 2.45) is 0 Å². The lowest BCUT2D eigenvalue weighted by Gasteiger charge is -2.18. The van der Waals surface area contributed by atoms with E-state index in [4.69, 9.17) is 4.42 Å². The minimum Gasteiger partial charge on any atom is -0.403 e. The molecule has 0 atom stereocenters. The van der Waals surface area contributed by atoms with Gasteiger partial charge in [-0.3, -0.25) is 10.1 Å². The number of carbonyl (C=O) groups excluding carboxylic acids is 1. The normalized spacial score (nSPS) is 12.1. The smallest absolute Gasteiger partial charge is 0.322 e. The molecule has 0 fully saturated rings. The average Bonchev–Trinajstić information content (AvgIpc) is 3.28. The van der Waals surface area contributed by atoms with Crippen LogP contribution in [-0.2, 0) is 19.9 Å². The van der Waals surface area contributed by atoms with Gasteiger partial charge in [0.15, 0.2) is 9.84 Å². The van der Waals surface area contributed by atoms with Crippen molar-refractivity contribution in [2.45, 2.75) is 30.6 Å². The highest BCUT2D eigenvalue weighted by atomic mass is 32.2. The second kappa shape index (κ2) is 9.81. The number of carbonyl (C=O) groups is 1. The van der Waals surface area contributed by atoms with Crippen molar-refractivity contribution in [3.8, 4) is 11.5 Å². The number of sulfonamides is 1. The fourth-order valence-corrected chi connectivity index (χ4v) is 5.36. The Kier molecular flexibility index (Phi) is 7.30. The summed E-state index contributed by atoms with van der Waals surface area (Å²) in [6.07, 6.45) is 0. The summed E-state index contributed by atoms with van der Waals surface area (Å²) in [5.74, 6) is -0.460. The predicted octanol–water partition coefficient (Wildman–Crippen LogP) is 2.81. The summed E-state index contributed by atoms with van der Waals surface area (Å²) in [5, 5.41) is 10.1. The molecule has 0 aliphatic rings. The summed E-state index contributed by atoms with van der Waals surface area (Å²) in [6.45, 7) is 5.76. The van der Waals surface area contributed by atoms with Gasteiger partial charge in [-0.15, -0.1) is 5.10 Å². The van der Waals surface area contributed by atoms with Gasteiger partial charge in [0.05, 0.1) is 15.5 Å². The predicted molar refractivity (Wildman–Crippen MR) is 122 cm³/mol. The molecule has 0 radical (unpaired) electrons. The van der Waals surface area contributed by atoms with Crippen LogP contribution in [0.5, 0.6) is 0 Å². The van der Waals surface area contributed by atoms with Crippen LogP contribution in [0.3, 0.4) is 0 Å². The van der Waals surface area contributed by atoms with Crippen LogP contribution in [-0.4, -0.2) is 56.1 Å². The molecule has 3 rings (SSSR count). The molecular weight excluding hydrogens is 468 g/mol. The molecule has 0 bridgehead atoms. The van der Waals surface area contributed by atoms with E-state index in [0.717, 1.165) is 0 Å². The molecule has 1 N–H and O–H groups in total. The van der Waals surface area contributed by atoms with Crippen LogP contribution < -0.4 is 5.32 Å². The molecule has 0 aliphatic heterocycles. The Bertz CT molecular complexity index is 1330. The molecule has 0 saturated carbocycles. The lowest BCUT2D eigenvalue weighted by atomic mass is 10.2. The SMILES string of the molecule is CCN(CC)S(=O)(=O)c1ccc(C(=O)Nc2nnc(-c3ccc(S(=O)(=O)CC)cc3)o2)cc1. The first kappa shape index (κ1) is 24.6. The minimum absolute atomic E-state index is 0.00848. The number of hydrogen-bond acceptors (Lipinski definition) is 8. The lowest BCUT2D eigenvalue weighted by molar-refractivity contribution is 0.102. The molecule has 1 amide bonds. The van der Waals surface area contributed by atoms with E-state index in [1.54, 1.807) is 20.8 Å². The van der Waals surface area contributed by atoms with E-state index in [-0.39, 0.29) is 33.0 Å². The van der Waals surface area contributed by atoms with Crippen molar-refractivity contribution >= 4 is 31.8 Å². The number of benzene rings is 2. The van der Waals surface area contributed by atoms with Crippen LogP contribution in [0, 0.1) is 0 Å². The van der Waals surface area contributed by atoms with E-state index in [1.807, 2.05) is 0 Å². The first-order valence-corrected chi connectivity index (χ1v) is 13.3. The first-order chi connectivity index (χ1) is 15.6. The number of nitrogens with zero attached hydrogens (tertiary/aromatic N) is 3. The van der Waals surface area contributed by atoms with Crippen LogP contribution in [0.4, 0.5) is 6.01 Å². The van der Waals surface area contributed by atoms with Crippen LogP contribution in [0.15, 0.2) is 62.7 Å². The van der Waals surface area contributed by atoms with Crippen molar-refractivity contribution < 1.29 is 26.0 Å². The number of rotatable bonds is 9. The van der Waals surface area contributed by atoms with Crippen molar-refractivity contribution in [2.75, 3.05) is 24.2 Å². The van der Waals surface area contributed by atoms with Crippen molar-refractivity contribution in [3.05, 3.63) is 54.1 Å². The first-order valence-electron chi connectivity index (χ1n) is 10.2. The zero-order valence-electron chi connectivity index (χ0n) is 18.3. The summed E-state index contributed by atoms with van der Waals surface area (Å²) in [7, 11) is -6.94. The molecule has 0 aliphatic carbocycles. The monoisotopic (exact) mass is 492 g/mol. The van der Waals surface area contributed by atoms with Crippen molar-refractivity contribution in [3.63, 3.8) is 0 Å². The van der Waals surface area contributed by atoms with Crippen LogP contribution >= 0.6 is 0 Å². The highest BCUT2D eigenvalue weighted by molar-refractivity contribution is 7.91. The largest absolute Gasteiger partial charge is 0.403 e. The van der Waals surface area contributed by atoms with E-state index >= 15 is 0 Å². The maximum Gasteiger partial charge on any atom is 0.322 e. The van der Waals surface area contributed by atoms with Gasteiger partial charge in [-0.05, 0) is 48.5 Å². The Hall–Kier alpha value is -3.09. The second-order valence-corrected chi connectivity index (χ2v) is 11.1. The van der Waals surface area contributed by atoms with E-state index in [1.165, 1.54) is 52.8 Å². The number of aromatic nitrogens is 2. The molecule has 1 heterocycles. The van der Waals surface area contributed by atoms with E-state index < -0.39 is 25.8 Å². The molecule has 176 valence electrons. The third-order valence-corrected chi connectivity index (χ3v) is 8.76. The van der Waals surface area contributed by atoms with E-state index in [9.17, 15) is 21.6 Å². The van der Waals surface area contributed by atoms with Gasteiger partial charge in [-0.25, -0.2) is 16.8 Å². The number of nitrogens with one attached hydrogen (secondary N) is 1. The summed E-state index contributed by atoms with van der Waals surface area (Å²) < 4.78 is 55.7. The number of hydrogen-bond donors (Lipinski definition) is 1. The van der Waals surface area contributed by atoms with Crippen LogP contribution in [0.1, 0.15) is 31.1 Å². The summed E-state index contributed by atoms with van der Waals surface area (Å²) >= 11 is 0. The highest BCUT2D eigenvalue weighted by Gasteiger charge is 2.22. The van der Waals surface area contributed by atoms with Gasteiger partial charge in [0.2, 0.25) is 15.9 Å². The average molecular weight is 493 g/mol. The molecule has 3 aromatic rings. The van der Waals surface area contributed by atoms with E-state index in [2.05, 4.69) is 15.5 Å². The van der Waals surface area contributed by atoms with Crippen LogP contribution in [0.2, 0.25) is 0 Å². The maximum absolute atomic E-state index is 12.6. The van der Waals surface area contributed by atoms with Gasteiger partial charge < -0.3 is 4.42 Å². The molecule has 2 aromatic carbocycles. The standard InChI is InChI=1S/C21H24N4O6S2/c1-4-25(5-2)33(29,30)18-13-7-15(8-14-18)19(26)22-21-24-23-20(31-21)16-9-11-17(12-10-16)32(27,28)6-3/h7-14H,4-6H2,1-3H3,(H,22,24,26). The lowest BCUT2D eigenvalue weighted by Crippen LogP contribution is -2.30. The molecular formula is C21H24N4O6S2. The minimum atomic E-state index is -3.62. The Morgan fingerprint density at radius 1 is 0.879 bits per heavy atom. The van der Waals surface area contributed by atoms with Gasteiger partial charge >= 0.3 is 6.01 Å². The molecule has 0 unspecified atom stereocenters. The van der Waals surface area contributed by atoms with Gasteiger partial charge in [-0.2, -0.15) is 4.31 Å². The third kappa shape index (κ3) is 5.29. The van der Waals surface area contributed by atoms with Crippen molar-refractivity contribution in [1.82, 2.24) is 14.5 Å². The molecule has 1 aromatic heterocycles. The molecule has 10 nitrogen and oxygen atoms in total. The molecule has 33 heavy (non-hydrogen) atoms. The summed E-state index contributed by atoms with van der Waals surface area (Å²) in [5.41, 5.74) is 0.700. The van der Waals surface area contributed by atoms with Gasteiger partial charge in [0.1, 0.15) is 0 Å². The van der Waals surface area contributed by atoms with Crippen molar-refractivity contribution in [1.29, 1.82) is 0 Å². The topological polar surface area (TPSA) is 140 Å². The van der Waals surface area contributed by atoms with Gasteiger partial charge in [0.25, 0.3) is 5.91 Å². The van der Waals surface area contributed by atoms with E-state index in [0.29, 0.717) is 18.7 Å². The number of anilines is 1. The fourth-order valence-electron chi connectivity index (χ4n) is 3.02. The zero-order valence-corrected chi connectivity index (χ0v) is 20.0. The fraction of sp³-hybridized carbons (Fsp3) is 0.286. The highest BCUT2D eigenvalue weighted by Crippen LogP contribution is 2.23. The Morgan fingerprint density at radius 3 is 2.00 bits per heavy atom. The van der Waals surface area contributed by atoms with Crippen LogP contribution in [0.25, 0.3) is 11.5 Å². The molecule has 0 saturated heterocycles. The zero-order chi connectivity index (χ0) is 24.2. The molecule has 12 heteroatoms. The number of amides is 1. The summed E-state index contributed by atoms with van der Waals surface area (Å²) in [4.78, 5) is 12.8.